The Labute approximate surface area is 240 Å². The van der Waals surface area contributed by atoms with Gasteiger partial charge in [0.05, 0.1) is 18.6 Å². The average molecular weight is 567 g/mol. The lowest BCUT2D eigenvalue weighted by Crippen LogP contribution is -2.46. The second kappa shape index (κ2) is 12.5. The van der Waals surface area contributed by atoms with Crippen LogP contribution in [0.1, 0.15) is 75.6 Å². The first-order valence-corrected chi connectivity index (χ1v) is 13.9. The van der Waals surface area contributed by atoms with Crippen LogP contribution in [0.3, 0.4) is 0 Å². The minimum absolute atomic E-state index is 0.127. The lowest BCUT2D eigenvalue weighted by atomic mass is 10.0. The summed E-state index contributed by atoms with van der Waals surface area (Å²) in [5, 5.41) is 0. The maximum absolute atomic E-state index is 13.7. The Morgan fingerprint density at radius 2 is 1.71 bits per heavy atom. The predicted octanol–water partition coefficient (Wildman–Crippen LogP) is 6.39. The summed E-state index contributed by atoms with van der Waals surface area (Å²) in [4.78, 5) is 30.2. The van der Waals surface area contributed by atoms with Gasteiger partial charge in [-0.05, 0) is 77.8 Å². The zero-order valence-corrected chi connectivity index (χ0v) is 24.6. The fraction of sp³-hybridized carbons (Fsp3) is 0.469. The summed E-state index contributed by atoms with van der Waals surface area (Å²) in [5.41, 5.74) is 1.81. The number of aromatic nitrogens is 2. The number of carbonyl (C=O) groups excluding carboxylic acids is 2. The highest BCUT2D eigenvalue weighted by Gasteiger charge is 2.37. The van der Waals surface area contributed by atoms with Crippen LogP contribution < -0.4 is 0 Å². The van der Waals surface area contributed by atoms with Crippen LogP contribution in [-0.4, -0.2) is 45.1 Å². The van der Waals surface area contributed by atoms with Gasteiger partial charge < -0.3 is 23.5 Å². The van der Waals surface area contributed by atoms with Crippen LogP contribution in [0.2, 0.25) is 0 Å². The molecule has 0 aliphatic carbocycles. The molecule has 0 amide bonds. The number of imidazole rings is 1. The van der Waals surface area contributed by atoms with Gasteiger partial charge in [0.15, 0.2) is 11.5 Å². The summed E-state index contributed by atoms with van der Waals surface area (Å²) in [6.07, 6.45) is 0.628. The van der Waals surface area contributed by atoms with Crippen molar-refractivity contribution in [2.45, 2.75) is 97.6 Å². The molecule has 1 aromatic heterocycles. The van der Waals surface area contributed by atoms with Crippen molar-refractivity contribution < 1.29 is 32.9 Å². The van der Waals surface area contributed by atoms with Crippen LogP contribution in [-0.2, 0) is 36.9 Å². The topological polar surface area (TPSA) is 88.9 Å². The number of halogens is 1. The van der Waals surface area contributed by atoms with E-state index < -0.39 is 17.4 Å². The summed E-state index contributed by atoms with van der Waals surface area (Å²) in [6.45, 7) is 11.6. The van der Waals surface area contributed by atoms with Crippen LogP contribution in [0, 0.1) is 12.7 Å². The SMILES string of the molecule is Cc1c(C(=O)OCc2ccccc2)nc(-c2ccc(F)cc2)n1CCC1CC(CC(=O)OC(C)(C)C)OC(C)(C)O1. The normalized spacial score (nSPS) is 18.6. The quantitative estimate of drug-likeness (QED) is 0.278. The molecule has 0 radical (unpaired) electrons. The van der Waals surface area contributed by atoms with Gasteiger partial charge in [-0.1, -0.05) is 30.3 Å². The van der Waals surface area contributed by atoms with E-state index >= 15 is 0 Å². The molecule has 41 heavy (non-hydrogen) atoms. The molecule has 0 N–H and O–H groups in total. The fourth-order valence-electron chi connectivity index (χ4n) is 4.98. The minimum atomic E-state index is -0.883. The van der Waals surface area contributed by atoms with Gasteiger partial charge in [0, 0.05) is 24.2 Å². The maximum Gasteiger partial charge on any atom is 0.359 e. The summed E-state index contributed by atoms with van der Waals surface area (Å²) in [5.74, 6) is -1.56. The Kier molecular flexibility index (Phi) is 9.29. The lowest BCUT2D eigenvalue weighted by molar-refractivity contribution is -0.301. The molecule has 2 atom stereocenters. The molecule has 3 aromatic rings. The highest BCUT2D eigenvalue weighted by Crippen LogP contribution is 2.32. The van der Waals surface area contributed by atoms with Crippen LogP contribution >= 0.6 is 0 Å². The highest BCUT2D eigenvalue weighted by molar-refractivity contribution is 5.89. The lowest BCUT2D eigenvalue weighted by Gasteiger charge is -2.41. The van der Waals surface area contributed by atoms with Crippen LogP contribution in [0.5, 0.6) is 0 Å². The minimum Gasteiger partial charge on any atom is -0.460 e. The second-order valence-electron chi connectivity index (χ2n) is 11.8. The standard InChI is InChI=1S/C32H39FN2O6/c1-21-28(30(37)38-20-22-10-8-7-9-11-22)34-29(23-12-14-24(33)15-13-23)35(21)17-16-25-18-26(40-32(5,6)39-25)19-27(36)41-31(2,3)4/h7-15,25-26H,16-20H2,1-6H3. The van der Waals surface area contributed by atoms with Crippen molar-refractivity contribution in [3.63, 3.8) is 0 Å². The predicted molar refractivity (Wildman–Crippen MR) is 151 cm³/mol. The molecule has 2 unspecified atom stereocenters. The number of hydrogen-bond donors (Lipinski definition) is 0. The first kappa shape index (κ1) is 30.4. The molecule has 1 saturated heterocycles. The zero-order chi connectivity index (χ0) is 29.8. The van der Waals surface area contributed by atoms with Gasteiger partial charge >= 0.3 is 11.9 Å². The molecule has 2 heterocycles. The maximum atomic E-state index is 13.7. The number of nitrogens with zero attached hydrogens (tertiary/aromatic N) is 2. The number of carbonyl (C=O) groups is 2. The molecule has 1 fully saturated rings. The van der Waals surface area contributed by atoms with Crippen molar-refractivity contribution >= 4 is 11.9 Å². The zero-order valence-electron chi connectivity index (χ0n) is 24.6. The van der Waals surface area contributed by atoms with Crippen molar-refractivity contribution in [2.24, 2.45) is 0 Å². The molecule has 2 aromatic carbocycles. The molecule has 0 spiro atoms. The van der Waals surface area contributed by atoms with Gasteiger partial charge in [-0.15, -0.1) is 0 Å². The third kappa shape index (κ3) is 8.47. The summed E-state index contributed by atoms with van der Waals surface area (Å²) < 4.78 is 38.9. The van der Waals surface area contributed by atoms with Gasteiger partial charge in [0.1, 0.15) is 23.8 Å². The van der Waals surface area contributed by atoms with Crippen LogP contribution in [0.25, 0.3) is 11.4 Å². The molecule has 1 aliphatic heterocycles. The molecule has 9 heteroatoms. The van der Waals surface area contributed by atoms with E-state index in [1.807, 2.05) is 76.4 Å². The van der Waals surface area contributed by atoms with Gasteiger partial charge in [0.25, 0.3) is 0 Å². The third-order valence-electron chi connectivity index (χ3n) is 6.65. The van der Waals surface area contributed by atoms with Gasteiger partial charge in [0.2, 0.25) is 0 Å². The number of ether oxygens (including phenoxy) is 4. The molecule has 220 valence electrons. The third-order valence-corrected chi connectivity index (χ3v) is 6.65. The summed E-state index contributed by atoms with van der Waals surface area (Å²) >= 11 is 0. The Bertz CT molecular complexity index is 1350. The van der Waals surface area contributed by atoms with Crippen LogP contribution in [0.4, 0.5) is 4.39 Å². The molecular formula is C32H39FN2O6. The van der Waals surface area contributed by atoms with Crippen molar-refractivity contribution in [3.05, 3.63) is 77.4 Å². The van der Waals surface area contributed by atoms with E-state index in [1.54, 1.807) is 12.1 Å². The number of hydrogen-bond acceptors (Lipinski definition) is 7. The van der Waals surface area contributed by atoms with Crippen molar-refractivity contribution in [3.8, 4) is 11.4 Å². The fourth-order valence-corrected chi connectivity index (χ4v) is 4.98. The molecule has 0 bridgehead atoms. The number of rotatable bonds is 9. The molecule has 8 nitrogen and oxygen atoms in total. The van der Waals surface area contributed by atoms with E-state index in [0.29, 0.717) is 36.5 Å². The molecule has 1 aliphatic rings. The Balaban J connectivity index is 1.52. The highest BCUT2D eigenvalue weighted by atomic mass is 19.1. The van der Waals surface area contributed by atoms with Gasteiger partial charge in [-0.3, -0.25) is 4.79 Å². The monoisotopic (exact) mass is 566 g/mol. The summed E-state index contributed by atoms with van der Waals surface area (Å²) in [6, 6.07) is 15.4. The molecule has 0 saturated carbocycles. The molecular weight excluding hydrogens is 527 g/mol. The Morgan fingerprint density at radius 3 is 2.37 bits per heavy atom. The summed E-state index contributed by atoms with van der Waals surface area (Å²) in [7, 11) is 0. The van der Waals surface area contributed by atoms with E-state index in [1.165, 1.54) is 12.1 Å². The largest absolute Gasteiger partial charge is 0.460 e. The van der Waals surface area contributed by atoms with Gasteiger partial charge in [-0.2, -0.15) is 0 Å². The second-order valence-corrected chi connectivity index (χ2v) is 11.8. The molecule has 4 rings (SSSR count). The van der Waals surface area contributed by atoms with E-state index in [9.17, 15) is 14.0 Å². The van der Waals surface area contributed by atoms with E-state index in [2.05, 4.69) is 4.98 Å². The van der Waals surface area contributed by atoms with E-state index in [0.717, 1.165) is 5.56 Å². The first-order chi connectivity index (χ1) is 19.3. The Morgan fingerprint density at radius 1 is 1.05 bits per heavy atom. The number of benzene rings is 2. The first-order valence-electron chi connectivity index (χ1n) is 13.9. The number of esters is 2. The smallest absolute Gasteiger partial charge is 0.359 e. The van der Waals surface area contributed by atoms with E-state index in [-0.39, 0.29) is 42.7 Å². The van der Waals surface area contributed by atoms with E-state index in [4.69, 9.17) is 18.9 Å². The van der Waals surface area contributed by atoms with Crippen molar-refractivity contribution in [1.82, 2.24) is 9.55 Å². The van der Waals surface area contributed by atoms with Gasteiger partial charge in [-0.25, -0.2) is 14.2 Å². The Hall–Kier alpha value is -3.56. The van der Waals surface area contributed by atoms with Crippen molar-refractivity contribution in [1.29, 1.82) is 0 Å². The average Bonchev–Trinajstić information content (AvgIpc) is 3.21. The van der Waals surface area contributed by atoms with Crippen molar-refractivity contribution in [2.75, 3.05) is 0 Å². The van der Waals surface area contributed by atoms with Crippen LogP contribution in [0.15, 0.2) is 54.6 Å².